The fraction of sp³-hybridized carbons (Fsp3) is 0.455. The molecule has 6 nitrogen and oxygen atoms in total. The van der Waals surface area contributed by atoms with E-state index in [2.05, 4.69) is 37.2 Å². The maximum Gasteiger partial charge on any atom is 0.194 e. The van der Waals surface area contributed by atoms with Gasteiger partial charge in [-0.1, -0.05) is 12.1 Å². The van der Waals surface area contributed by atoms with E-state index in [1.165, 1.54) is 24.0 Å². The number of aromatic nitrogens is 1. The SMILES string of the molecule is CN=C(NCc1c(O)ccc2c1CCCC2)N1CCN(c2ccccn2)CC1.I. The summed E-state index contributed by atoms with van der Waals surface area (Å²) in [6.07, 6.45) is 6.46. The fourth-order valence-corrected chi connectivity index (χ4v) is 4.28. The number of nitrogens with zero attached hydrogens (tertiary/aromatic N) is 4. The average molecular weight is 507 g/mol. The molecule has 1 fully saturated rings. The van der Waals surface area contributed by atoms with Crippen molar-refractivity contribution in [3.8, 4) is 5.75 Å². The van der Waals surface area contributed by atoms with Crippen molar-refractivity contribution in [1.29, 1.82) is 0 Å². The zero-order valence-electron chi connectivity index (χ0n) is 17.0. The van der Waals surface area contributed by atoms with Crippen molar-refractivity contribution in [1.82, 2.24) is 15.2 Å². The van der Waals surface area contributed by atoms with Crippen molar-refractivity contribution in [3.63, 3.8) is 0 Å². The minimum atomic E-state index is 0. The highest BCUT2D eigenvalue weighted by atomic mass is 127. The number of piperazine rings is 1. The monoisotopic (exact) mass is 507 g/mol. The van der Waals surface area contributed by atoms with Crippen LogP contribution in [0.2, 0.25) is 0 Å². The van der Waals surface area contributed by atoms with Crippen molar-refractivity contribution < 1.29 is 5.11 Å². The van der Waals surface area contributed by atoms with Gasteiger partial charge in [0.2, 0.25) is 0 Å². The Morgan fingerprint density at radius 1 is 1.10 bits per heavy atom. The van der Waals surface area contributed by atoms with E-state index in [1.54, 1.807) is 0 Å². The Morgan fingerprint density at radius 2 is 1.90 bits per heavy atom. The Labute approximate surface area is 190 Å². The number of nitrogens with one attached hydrogen (secondary N) is 1. The van der Waals surface area contributed by atoms with Crippen molar-refractivity contribution in [3.05, 3.63) is 53.2 Å². The van der Waals surface area contributed by atoms with E-state index in [0.717, 1.165) is 56.4 Å². The third-order valence-electron chi connectivity index (χ3n) is 5.81. The van der Waals surface area contributed by atoms with Gasteiger partial charge in [0.05, 0.1) is 0 Å². The summed E-state index contributed by atoms with van der Waals surface area (Å²) in [5.41, 5.74) is 3.75. The number of aliphatic imine (C=N–C) groups is 1. The quantitative estimate of drug-likeness (QED) is 0.380. The summed E-state index contributed by atoms with van der Waals surface area (Å²) in [6, 6.07) is 9.96. The summed E-state index contributed by atoms with van der Waals surface area (Å²) >= 11 is 0. The lowest BCUT2D eigenvalue weighted by Crippen LogP contribution is -2.52. The zero-order valence-corrected chi connectivity index (χ0v) is 19.3. The molecule has 1 aromatic heterocycles. The Kier molecular flexibility index (Phi) is 7.57. The molecule has 2 aromatic rings. The van der Waals surface area contributed by atoms with Crippen LogP contribution in [0.3, 0.4) is 0 Å². The van der Waals surface area contributed by atoms with Crippen LogP contribution >= 0.6 is 24.0 Å². The molecule has 2 heterocycles. The molecule has 1 aliphatic heterocycles. The molecule has 0 spiro atoms. The molecule has 156 valence electrons. The lowest BCUT2D eigenvalue weighted by atomic mass is 9.88. The van der Waals surface area contributed by atoms with Crippen LogP contribution in [0, 0.1) is 0 Å². The van der Waals surface area contributed by atoms with Gasteiger partial charge >= 0.3 is 0 Å². The fourth-order valence-electron chi connectivity index (χ4n) is 4.28. The third kappa shape index (κ3) is 4.94. The van der Waals surface area contributed by atoms with Crippen molar-refractivity contribution >= 4 is 35.8 Å². The first-order valence-electron chi connectivity index (χ1n) is 10.2. The minimum absolute atomic E-state index is 0. The molecule has 7 heteroatoms. The number of phenolic OH excluding ortho intramolecular Hbond substituents is 1. The molecule has 0 unspecified atom stereocenters. The summed E-state index contributed by atoms with van der Waals surface area (Å²) in [5.74, 6) is 2.32. The molecule has 1 aromatic carbocycles. The summed E-state index contributed by atoms with van der Waals surface area (Å²) < 4.78 is 0. The predicted molar refractivity (Wildman–Crippen MR) is 128 cm³/mol. The summed E-state index contributed by atoms with van der Waals surface area (Å²) in [6.45, 7) is 4.25. The van der Waals surface area contributed by atoms with Crippen LogP contribution in [0.1, 0.15) is 29.5 Å². The molecule has 4 rings (SSSR count). The van der Waals surface area contributed by atoms with Gasteiger partial charge < -0.3 is 20.2 Å². The van der Waals surface area contributed by atoms with Crippen LogP contribution in [0.5, 0.6) is 5.75 Å². The topological polar surface area (TPSA) is 64.0 Å². The maximum absolute atomic E-state index is 10.4. The maximum atomic E-state index is 10.4. The van der Waals surface area contributed by atoms with Gasteiger partial charge in [-0.15, -0.1) is 24.0 Å². The van der Waals surface area contributed by atoms with E-state index in [4.69, 9.17) is 0 Å². The number of anilines is 1. The second-order valence-electron chi connectivity index (χ2n) is 7.47. The lowest BCUT2D eigenvalue weighted by Gasteiger charge is -2.37. The molecule has 0 radical (unpaired) electrons. The first-order chi connectivity index (χ1) is 13.8. The Morgan fingerprint density at radius 3 is 2.62 bits per heavy atom. The van der Waals surface area contributed by atoms with E-state index < -0.39 is 0 Å². The lowest BCUT2D eigenvalue weighted by molar-refractivity contribution is 0.370. The molecule has 2 aliphatic rings. The largest absolute Gasteiger partial charge is 0.508 e. The van der Waals surface area contributed by atoms with Crippen molar-refractivity contribution in [2.24, 2.45) is 4.99 Å². The number of halogens is 1. The average Bonchev–Trinajstić information content (AvgIpc) is 2.76. The number of guanidine groups is 1. The summed E-state index contributed by atoms with van der Waals surface area (Å²) in [4.78, 5) is 13.5. The smallest absolute Gasteiger partial charge is 0.194 e. The zero-order chi connectivity index (χ0) is 19.3. The van der Waals surface area contributed by atoms with Crippen LogP contribution in [-0.4, -0.2) is 54.2 Å². The first kappa shape index (κ1) is 21.7. The number of aryl methyl sites for hydroxylation is 1. The van der Waals surface area contributed by atoms with Crippen LogP contribution in [-0.2, 0) is 19.4 Å². The number of pyridine rings is 1. The van der Waals surface area contributed by atoms with Gasteiger partial charge in [-0.3, -0.25) is 4.99 Å². The second-order valence-corrected chi connectivity index (χ2v) is 7.47. The minimum Gasteiger partial charge on any atom is -0.508 e. The highest BCUT2D eigenvalue weighted by molar-refractivity contribution is 14.0. The van der Waals surface area contributed by atoms with E-state index in [9.17, 15) is 5.11 Å². The molecule has 0 bridgehead atoms. The first-order valence-corrected chi connectivity index (χ1v) is 10.2. The molecule has 0 saturated carbocycles. The molecule has 1 saturated heterocycles. The standard InChI is InChI=1S/C22H29N5O.HI/c1-23-22(27-14-12-26(13-15-27)21-8-4-5-11-24-21)25-16-19-18-7-3-2-6-17(18)9-10-20(19)28;/h4-5,8-11,28H,2-3,6-7,12-16H2,1H3,(H,23,25);1H. The summed E-state index contributed by atoms with van der Waals surface area (Å²) in [5, 5.41) is 13.9. The van der Waals surface area contributed by atoms with E-state index in [0.29, 0.717) is 12.3 Å². The van der Waals surface area contributed by atoms with Gasteiger partial charge in [-0.05, 0) is 55.0 Å². The molecule has 29 heavy (non-hydrogen) atoms. The van der Waals surface area contributed by atoms with Crippen LogP contribution in [0.15, 0.2) is 41.5 Å². The van der Waals surface area contributed by atoms with Crippen LogP contribution in [0.25, 0.3) is 0 Å². The van der Waals surface area contributed by atoms with Crippen LogP contribution in [0.4, 0.5) is 5.82 Å². The van der Waals surface area contributed by atoms with Gasteiger partial charge in [-0.25, -0.2) is 4.98 Å². The number of phenols is 1. The molecule has 0 atom stereocenters. The summed E-state index contributed by atoms with van der Waals surface area (Å²) in [7, 11) is 1.83. The van der Waals surface area contributed by atoms with Gasteiger partial charge in [0.15, 0.2) is 5.96 Å². The number of rotatable bonds is 3. The Balaban J connectivity index is 0.00000240. The molecule has 0 amide bonds. The number of hydrogen-bond donors (Lipinski definition) is 2. The molecule has 1 aliphatic carbocycles. The highest BCUT2D eigenvalue weighted by Crippen LogP contribution is 2.30. The van der Waals surface area contributed by atoms with Crippen molar-refractivity contribution in [2.45, 2.75) is 32.2 Å². The molecular formula is C22H30IN5O. The van der Waals surface area contributed by atoms with E-state index in [-0.39, 0.29) is 24.0 Å². The second kappa shape index (κ2) is 10.1. The Hall–Kier alpha value is -2.03. The number of hydrogen-bond acceptors (Lipinski definition) is 4. The number of fused-ring (bicyclic) bond motifs is 1. The Bertz CT molecular complexity index is 835. The third-order valence-corrected chi connectivity index (χ3v) is 5.81. The van der Waals surface area contributed by atoms with Gasteiger partial charge in [0.25, 0.3) is 0 Å². The van der Waals surface area contributed by atoms with Gasteiger partial charge in [-0.2, -0.15) is 0 Å². The highest BCUT2D eigenvalue weighted by Gasteiger charge is 2.21. The van der Waals surface area contributed by atoms with Gasteiger partial charge in [0, 0.05) is 51.5 Å². The van der Waals surface area contributed by atoms with Crippen molar-refractivity contribution in [2.75, 3.05) is 38.1 Å². The number of aromatic hydroxyl groups is 1. The predicted octanol–water partition coefficient (Wildman–Crippen LogP) is 3.18. The number of benzene rings is 1. The van der Waals surface area contributed by atoms with E-state index in [1.807, 2.05) is 31.4 Å². The van der Waals surface area contributed by atoms with Gasteiger partial charge in [0.1, 0.15) is 11.6 Å². The van der Waals surface area contributed by atoms with Crippen LogP contribution < -0.4 is 10.2 Å². The normalized spacial score (nSPS) is 16.8. The van der Waals surface area contributed by atoms with E-state index >= 15 is 0 Å². The molecular weight excluding hydrogens is 477 g/mol. The molecule has 2 N–H and O–H groups in total.